The van der Waals surface area contributed by atoms with Crippen molar-refractivity contribution in [2.24, 2.45) is 11.7 Å². The molecule has 0 spiro atoms. The predicted molar refractivity (Wildman–Crippen MR) is 75.3 cm³/mol. The zero-order chi connectivity index (χ0) is 13.5. The van der Waals surface area contributed by atoms with E-state index in [1.807, 2.05) is 32.9 Å². The Kier molecular flexibility index (Phi) is 6.02. The fourth-order valence-corrected chi connectivity index (χ4v) is 1.97. The molecule has 0 saturated carbocycles. The van der Waals surface area contributed by atoms with Gasteiger partial charge >= 0.3 is 0 Å². The van der Waals surface area contributed by atoms with Gasteiger partial charge in [0.2, 0.25) is 0 Å². The molecular weight excluding hydrogens is 224 g/mol. The van der Waals surface area contributed by atoms with Crippen molar-refractivity contribution in [1.29, 1.82) is 0 Å². The Labute approximate surface area is 110 Å². The number of hydrogen-bond acceptors (Lipinski definition) is 3. The highest BCUT2D eigenvalue weighted by atomic mass is 16.1. The van der Waals surface area contributed by atoms with Gasteiger partial charge in [0.25, 0.3) is 0 Å². The van der Waals surface area contributed by atoms with Gasteiger partial charge in [0.15, 0.2) is 5.78 Å². The number of likely N-dealkylation sites (N-methyl/N-ethyl adjacent to an activating group) is 1. The number of nitrogens with two attached hydrogens (primary N) is 1. The first-order chi connectivity index (χ1) is 8.58. The summed E-state index contributed by atoms with van der Waals surface area (Å²) in [6, 6.07) is 8.08. The fraction of sp³-hybridized carbons (Fsp3) is 0.533. The maximum atomic E-state index is 12.1. The van der Waals surface area contributed by atoms with Gasteiger partial charge < -0.3 is 11.1 Å². The molecule has 0 radical (unpaired) electrons. The number of benzene rings is 1. The zero-order valence-corrected chi connectivity index (χ0v) is 11.6. The van der Waals surface area contributed by atoms with Crippen molar-refractivity contribution in [2.45, 2.75) is 39.8 Å². The Bertz CT molecular complexity index is 371. The van der Waals surface area contributed by atoms with E-state index in [4.69, 9.17) is 5.73 Å². The van der Waals surface area contributed by atoms with Crippen molar-refractivity contribution in [2.75, 3.05) is 6.54 Å². The first kappa shape index (κ1) is 14.9. The molecular formula is C15H24N2O. The largest absolute Gasteiger partial charge is 0.326 e. The molecule has 18 heavy (non-hydrogen) atoms. The normalized spacial score (nSPS) is 12.7. The Morgan fingerprint density at radius 3 is 2.22 bits per heavy atom. The van der Waals surface area contributed by atoms with E-state index in [-0.39, 0.29) is 17.7 Å². The lowest BCUT2D eigenvalue weighted by atomic mass is 9.95. The number of ketones is 1. The summed E-state index contributed by atoms with van der Waals surface area (Å²) >= 11 is 0. The second kappa shape index (κ2) is 7.29. The molecule has 0 fully saturated rings. The lowest BCUT2D eigenvalue weighted by Gasteiger charge is -2.19. The SMILES string of the molecule is CCN[C@@H](Cc1ccc(CN)cc1)C(=O)C(C)C. The smallest absolute Gasteiger partial charge is 0.152 e. The summed E-state index contributed by atoms with van der Waals surface area (Å²) in [4.78, 5) is 12.1. The second-order valence-corrected chi connectivity index (χ2v) is 4.89. The summed E-state index contributed by atoms with van der Waals surface area (Å²) in [5, 5.41) is 3.27. The molecule has 1 rings (SSSR count). The molecule has 0 aliphatic heterocycles. The molecule has 3 heteroatoms. The number of Topliss-reactive ketones (excluding diaryl/α,β-unsaturated/α-hetero) is 1. The number of rotatable bonds is 7. The molecule has 3 N–H and O–H groups in total. The molecule has 1 atom stereocenters. The van der Waals surface area contributed by atoms with E-state index in [9.17, 15) is 4.79 Å². The van der Waals surface area contributed by atoms with Gasteiger partial charge in [-0.15, -0.1) is 0 Å². The van der Waals surface area contributed by atoms with Crippen LogP contribution in [-0.4, -0.2) is 18.4 Å². The summed E-state index contributed by atoms with van der Waals surface area (Å²) in [6.45, 7) is 7.29. The number of carbonyl (C=O) groups excluding carboxylic acids is 1. The van der Waals surface area contributed by atoms with Crippen molar-refractivity contribution in [3.8, 4) is 0 Å². The van der Waals surface area contributed by atoms with Crippen molar-refractivity contribution in [3.63, 3.8) is 0 Å². The van der Waals surface area contributed by atoms with Crippen LogP contribution in [0.1, 0.15) is 31.9 Å². The van der Waals surface area contributed by atoms with Crippen LogP contribution >= 0.6 is 0 Å². The second-order valence-electron chi connectivity index (χ2n) is 4.89. The average molecular weight is 248 g/mol. The van der Waals surface area contributed by atoms with Crippen molar-refractivity contribution >= 4 is 5.78 Å². The summed E-state index contributed by atoms with van der Waals surface area (Å²) in [6.07, 6.45) is 0.746. The molecule has 0 bridgehead atoms. The minimum absolute atomic E-state index is 0.0670. The molecule has 3 nitrogen and oxygen atoms in total. The van der Waals surface area contributed by atoms with Crippen LogP contribution in [0.4, 0.5) is 0 Å². The van der Waals surface area contributed by atoms with Crippen LogP contribution in [0.15, 0.2) is 24.3 Å². The number of nitrogens with one attached hydrogen (secondary N) is 1. The van der Waals surface area contributed by atoms with Crippen LogP contribution in [0.5, 0.6) is 0 Å². The molecule has 0 saturated heterocycles. The molecule has 0 aliphatic carbocycles. The fourth-order valence-electron chi connectivity index (χ4n) is 1.97. The van der Waals surface area contributed by atoms with Gasteiger partial charge in [-0.05, 0) is 24.1 Å². The first-order valence-corrected chi connectivity index (χ1v) is 6.63. The van der Waals surface area contributed by atoms with Gasteiger partial charge in [-0.25, -0.2) is 0 Å². The van der Waals surface area contributed by atoms with E-state index >= 15 is 0 Å². The summed E-state index contributed by atoms with van der Waals surface area (Å²) < 4.78 is 0. The van der Waals surface area contributed by atoms with Gasteiger partial charge in [-0.2, -0.15) is 0 Å². The van der Waals surface area contributed by atoms with E-state index in [1.165, 1.54) is 5.56 Å². The van der Waals surface area contributed by atoms with Crippen LogP contribution in [0.3, 0.4) is 0 Å². The first-order valence-electron chi connectivity index (χ1n) is 6.63. The van der Waals surface area contributed by atoms with Crippen molar-refractivity contribution in [1.82, 2.24) is 5.32 Å². The van der Waals surface area contributed by atoms with E-state index in [1.54, 1.807) is 0 Å². The molecule has 0 amide bonds. The quantitative estimate of drug-likeness (QED) is 0.775. The molecule has 1 aromatic carbocycles. The van der Waals surface area contributed by atoms with Crippen LogP contribution in [-0.2, 0) is 17.8 Å². The van der Waals surface area contributed by atoms with Crippen LogP contribution in [0.25, 0.3) is 0 Å². The Hall–Kier alpha value is -1.19. The topological polar surface area (TPSA) is 55.1 Å². The van der Waals surface area contributed by atoms with E-state index in [0.717, 1.165) is 18.5 Å². The number of carbonyl (C=O) groups is 1. The lowest BCUT2D eigenvalue weighted by molar-refractivity contribution is -0.123. The maximum absolute atomic E-state index is 12.1. The summed E-state index contributed by atoms with van der Waals surface area (Å²) in [5.41, 5.74) is 7.86. The highest BCUT2D eigenvalue weighted by molar-refractivity contribution is 5.86. The third-order valence-corrected chi connectivity index (χ3v) is 3.06. The average Bonchev–Trinajstić information content (AvgIpc) is 2.38. The Morgan fingerprint density at radius 1 is 1.22 bits per heavy atom. The summed E-state index contributed by atoms with van der Waals surface area (Å²) in [7, 11) is 0. The third kappa shape index (κ3) is 4.24. The lowest BCUT2D eigenvalue weighted by Crippen LogP contribution is -2.40. The van der Waals surface area contributed by atoms with Gasteiger partial charge in [-0.1, -0.05) is 45.0 Å². The van der Waals surface area contributed by atoms with Crippen LogP contribution in [0, 0.1) is 5.92 Å². The van der Waals surface area contributed by atoms with E-state index in [0.29, 0.717) is 6.54 Å². The molecule has 100 valence electrons. The minimum atomic E-state index is -0.0845. The predicted octanol–water partition coefficient (Wildman–Crippen LogP) is 1.89. The molecule has 0 aliphatic rings. The van der Waals surface area contributed by atoms with Gasteiger partial charge in [0.05, 0.1) is 6.04 Å². The Morgan fingerprint density at radius 2 is 1.78 bits per heavy atom. The zero-order valence-electron chi connectivity index (χ0n) is 11.6. The van der Waals surface area contributed by atoms with Crippen molar-refractivity contribution < 1.29 is 4.79 Å². The minimum Gasteiger partial charge on any atom is -0.326 e. The highest BCUT2D eigenvalue weighted by Gasteiger charge is 2.20. The van der Waals surface area contributed by atoms with Crippen LogP contribution < -0.4 is 11.1 Å². The third-order valence-electron chi connectivity index (χ3n) is 3.06. The molecule has 0 unspecified atom stereocenters. The highest BCUT2D eigenvalue weighted by Crippen LogP contribution is 2.10. The van der Waals surface area contributed by atoms with Gasteiger partial charge in [0, 0.05) is 12.5 Å². The van der Waals surface area contributed by atoms with E-state index in [2.05, 4.69) is 17.4 Å². The summed E-state index contributed by atoms with van der Waals surface area (Å²) in [5.74, 6) is 0.345. The Balaban J connectivity index is 2.73. The maximum Gasteiger partial charge on any atom is 0.152 e. The monoisotopic (exact) mass is 248 g/mol. The molecule has 1 aromatic rings. The van der Waals surface area contributed by atoms with Crippen LogP contribution in [0.2, 0.25) is 0 Å². The molecule has 0 aromatic heterocycles. The van der Waals surface area contributed by atoms with Crippen molar-refractivity contribution in [3.05, 3.63) is 35.4 Å². The number of hydrogen-bond donors (Lipinski definition) is 2. The van der Waals surface area contributed by atoms with E-state index < -0.39 is 0 Å². The van der Waals surface area contributed by atoms with Gasteiger partial charge in [-0.3, -0.25) is 4.79 Å². The van der Waals surface area contributed by atoms with Gasteiger partial charge in [0.1, 0.15) is 0 Å². The standard InChI is InChI=1S/C15H24N2O/c1-4-17-14(15(18)11(2)3)9-12-5-7-13(10-16)8-6-12/h5-8,11,14,17H,4,9-10,16H2,1-3H3/t14-/m0/s1. The molecule has 0 heterocycles.